The van der Waals surface area contributed by atoms with E-state index in [0.29, 0.717) is 0 Å². The molecule has 0 radical (unpaired) electrons. The van der Waals surface area contributed by atoms with Crippen LogP contribution in [0.15, 0.2) is 18.2 Å². The van der Waals surface area contributed by atoms with Crippen molar-refractivity contribution in [1.29, 1.82) is 0 Å². The van der Waals surface area contributed by atoms with Crippen molar-refractivity contribution in [3.63, 3.8) is 0 Å². The highest BCUT2D eigenvalue weighted by Crippen LogP contribution is 2.03. The molecule has 4 N–H and O–H groups in total. The molecule has 1 heterocycles. The molecule has 1 amide bonds. The van der Waals surface area contributed by atoms with Crippen molar-refractivity contribution in [3.8, 4) is 0 Å². The smallest absolute Gasteiger partial charge is 0.332 e. The molecule has 7 nitrogen and oxygen atoms in total. The van der Waals surface area contributed by atoms with Crippen molar-refractivity contribution in [2.24, 2.45) is 5.73 Å². The highest BCUT2D eigenvalue weighted by molar-refractivity contribution is 5.91. The zero-order valence-corrected chi connectivity index (χ0v) is 7.64. The van der Waals surface area contributed by atoms with Crippen molar-refractivity contribution >= 4 is 17.7 Å². The molecule has 0 spiro atoms. The van der Waals surface area contributed by atoms with E-state index in [0.717, 1.165) is 0 Å². The normalized spacial score (nSPS) is 9.60. The van der Waals surface area contributed by atoms with Gasteiger partial charge in [0.2, 0.25) is 0 Å². The van der Waals surface area contributed by atoms with Crippen LogP contribution in [0.2, 0.25) is 0 Å². The van der Waals surface area contributed by atoms with E-state index in [1.807, 2.05) is 0 Å². The zero-order chi connectivity index (χ0) is 11.3. The molecule has 0 aliphatic rings. The summed E-state index contributed by atoms with van der Waals surface area (Å²) in [6.07, 6.45) is 0. The van der Waals surface area contributed by atoms with Gasteiger partial charge in [-0.15, -0.1) is 0 Å². The van der Waals surface area contributed by atoms with Gasteiger partial charge in [-0.3, -0.25) is 9.63 Å². The number of nitrogens with one attached hydrogen (secondary N) is 1. The third-order valence-corrected chi connectivity index (χ3v) is 1.37. The highest BCUT2D eigenvalue weighted by atomic mass is 16.7. The van der Waals surface area contributed by atoms with Crippen LogP contribution >= 0.6 is 0 Å². The zero-order valence-electron chi connectivity index (χ0n) is 7.64. The van der Waals surface area contributed by atoms with Crippen molar-refractivity contribution in [1.82, 2.24) is 4.98 Å². The van der Waals surface area contributed by atoms with Gasteiger partial charge in [-0.05, 0) is 12.1 Å². The second-order valence-corrected chi connectivity index (χ2v) is 2.56. The van der Waals surface area contributed by atoms with Gasteiger partial charge in [-0.25, -0.2) is 15.3 Å². The number of carbonyl (C=O) groups excluding carboxylic acids is 1. The van der Waals surface area contributed by atoms with Crippen molar-refractivity contribution in [2.45, 2.75) is 0 Å². The van der Waals surface area contributed by atoms with E-state index < -0.39 is 18.5 Å². The van der Waals surface area contributed by atoms with Crippen LogP contribution in [0.3, 0.4) is 0 Å². The Hall–Kier alpha value is -2.15. The van der Waals surface area contributed by atoms with Gasteiger partial charge in [0.1, 0.15) is 5.69 Å². The molecule has 0 saturated carbocycles. The Morgan fingerprint density at radius 2 is 2.27 bits per heavy atom. The Balaban J connectivity index is 2.58. The summed E-state index contributed by atoms with van der Waals surface area (Å²) in [5.74, 6) is -1.57. The Kier molecular flexibility index (Phi) is 3.58. The molecule has 0 atom stereocenters. The lowest BCUT2D eigenvalue weighted by Crippen LogP contribution is -2.15. The summed E-state index contributed by atoms with van der Waals surface area (Å²) in [5, 5.41) is 8.27. The molecule has 1 aromatic heterocycles. The average Bonchev–Trinajstić information content (AvgIpc) is 2.17. The minimum Gasteiger partial charge on any atom is -0.479 e. The summed E-state index contributed by atoms with van der Waals surface area (Å²) < 4.78 is 0. The fraction of sp³-hybridized carbons (Fsp3) is 0.125. The number of carboxylic acid groups (broad SMARTS) is 1. The molecule has 15 heavy (non-hydrogen) atoms. The second-order valence-electron chi connectivity index (χ2n) is 2.56. The molecule has 0 fully saturated rings. The number of primary amides is 1. The lowest BCUT2D eigenvalue weighted by Gasteiger charge is -2.04. The number of hydrogen-bond donors (Lipinski definition) is 3. The Bertz CT molecular complexity index is 380. The molecule has 0 aliphatic carbocycles. The molecule has 0 bridgehead atoms. The number of pyridine rings is 1. The topological polar surface area (TPSA) is 115 Å². The quantitative estimate of drug-likeness (QED) is 0.571. The highest BCUT2D eigenvalue weighted by Gasteiger charge is 2.03. The summed E-state index contributed by atoms with van der Waals surface area (Å²) >= 11 is 0. The van der Waals surface area contributed by atoms with Crippen LogP contribution in [0.5, 0.6) is 0 Å². The summed E-state index contributed by atoms with van der Waals surface area (Å²) in [6, 6.07) is 4.48. The molecular weight excluding hydrogens is 202 g/mol. The number of carbonyl (C=O) groups is 2. The third kappa shape index (κ3) is 3.61. The predicted molar refractivity (Wildman–Crippen MR) is 50.0 cm³/mol. The number of carboxylic acids is 1. The van der Waals surface area contributed by atoms with Crippen molar-refractivity contribution in [2.75, 3.05) is 12.1 Å². The summed E-state index contributed by atoms with van der Waals surface area (Å²) in [4.78, 5) is 29.2. The van der Waals surface area contributed by atoms with Crippen LogP contribution < -0.4 is 11.2 Å². The molecule has 80 valence electrons. The van der Waals surface area contributed by atoms with E-state index in [4.69, 9.17) is 10.8 Å². The maximum absolute atomic E-state index is 10.7. The largest absolute Gasteiger partial charge is 0.479 e. The van der Waals surface area contributed by atoms with Gasteiger partial charge in [0.25, 0.3) is 5.91 Å². The molecule has 0 aliphatic heterocycles. The minimum atomic E-state index is -1.12. The lowest BCUT2D eigenvalue weighted by molar-refractivity contribution is -0.141. The van der Waals surface area contributed by atoms with Gasteiger partial charge < -0.3 is 10.8 Å². The number of aromatic nitrogens is 1. The predicted octanol–water partition coefficient (Wildman–Crippen LogP) is -0.391. The van der Waals surface area contributed by atoms with Gasteiger partial charge in [-0.1, -0.05) is 6.07 Å². The molecule has 0 unspecified atom stereocenters. The van der Waals surface area contributed by atoms with Gasteiger partial charge in [-0.2, -0.15) is 0 Å². The third-order valence-electron chi connectivity index (χ3n) is 1.37. The van der Waals surface area contributed by atoms with Crippen molar-refractivity contribution in [3.05, 3.63) is 23.9 Å². The number of nitrogens with two attached hydrogens (primary N) is 1. The summed E-state index contributed by atoms with van der Waals surface area (Å²) in [5.41, 5.74) is 7.34. The first-order valence-corrected chi connectivity index (χ1v) is 3.96. The van der Waals surface area contributed by atoms with Crippen LogP contribution in [0.25, 0.3) is 0 Å². The summed E-state index contributed by atoms with van der Waals surface area (Å²) in [6.45, 7) is -0.511. The maximum Gasteiger partial charge on any atom is 0.332 e. The monoisotopic (exact) mass is 211 g/mol. The molecule has 0 saturated heterocycles. The van der Waals surface area contributed by atoms with Gasteiger partial charge in [0, 0.05) is 0 Å². The molecular formula is C8H9N3O4. The van der Waals surface area contributed by atoms with Crippen LogP contribution in [0.1, 0.15) is 10.5 Å². The maximum atomic E-state index is 10.7. The number of rotatable bonds is 5. The standard InChI is InChI=1S/C8H9N3O4/c9-8(14)5-2-1-3-6(10-5)11-15-4-7(12)13/h1-3H,4H2,(H2,9,14)(H,10,11)(H,12,13). The summed E-state index contributed by atoms with van der Waals surface area (Å²) in [7, 11) is 0. The first-order valence-electron chi connectivity index (χ1n) is 3.96. The fourth-order valence-electron chi connectivity index (χ4n) is 0.801. The van der Waals surface area contributed by atoms with Crippen LogP contribution in [-0.4, -0.2) is 28.6 Å². The minimum absolute atomic E-state index is 0.0684. The number of anilines is 1. The van der Waals surface area contributed by atoms with E-state index in [1.54, 1.807) is 6.07 Å². The van der Waals surface area contributed by atoms with Gasteiger partial charge in [0.05, 0.1) is 0 Å². The SMILES string of the molecule is NC(=O)c1cccc(NOCC(=O)O)n1. The van der Waals surface area contributed by atoms with E-state index in [2.05, 4.69) is 15.3 Å². The van der Waals surface area contributed by atoms with Crippen molar-refractivity contribution < 1.29 is 19.5 Å². The number of nitrogens with zero attached hydrogens (tertiary/aromatic N) is 1. The average molecular weight is 211 g/mol. The van der Waals surface area contributed by atoms with E-state index in [-0.39, 0.29) is 11.5 Å². The lowest BCUT2D eigenvalue weighted by atomic mass is 10.3. The number of amides is 1. The first-order chi connectivity index (χ1) is 7.09. The molecule has 1 rings (SSSR count). The molecule has 0 aromatic carbocycles. The Morgan fingerprint density at radius 3 is 2.87 bits per heavy atom. The number of aliphatic carboxylic acids is 1. The van der Waals surface area contributed by atoms with Gasteiger partial charge >= 0.3 is 5.97 Å². The fourth-order valence-corrected chi connectivity index (χ4v) is 0.801. The number of hydrogen-bond acceptors (Lipinski definition) is 5. The van der Waals surface area contributed by atoms with E-state index in [9.17, 15) is 9.59 Å². The Morgan fingerprint density at radius 1 is 1.53 bits per heavy atom. The Labute approximate surface area is 84.8 Å². The van der Waals surface area contributed by atoms with Crippen LogP contribution in [-0.2, 0) is 9.63 Å². The van der Waals surface area contributed by atoms with Crippen LogP contribution in [0.4, 0.5) is 5.82 Å². The molecule has 7 heteroatoms. The van der Waals surface area contributed by atoms with E-state index >= 15 is 0 Å². The first kappa shape index (κ1) is 10.9. The van der Waals surface area contributed by atoms with Gasteiger partial charge in [0.15, 0.2) is 12.4 Å². The van der Waals surface area contributed by atoms with E-state index in [1.165, 1.54) is 12.1 Å². The second kappa shape index (κ2) is 4.91. The molecule has 1 aromatic rings. The van der Waals surface area contributed by atoms with Crippen LogP contribution in [0, 0.1) is 0 Å².